The van der Waals surface area contributed by atoms with Crippen LogP contribution in [0, 0.1) is 0 Å². The van der Waals surface area contributed by atoms with E-state index in [1.807, 2.05) is 67.5 Å². The molecule has 0 bridgehead atoms. The van der Waals surface area contributed by atoms with Gasteiger partial charge in [-0.05, 0) is 68.2 Å². The Morgan fingerprint density at radius 1 is 1.00 bits per heavy atom. The van der Waals surface area contributed by atoms with Crippen LogP contribution in [0.4, 0.5) is 5.13 Å². The molecule has 0 N–H and O–H groups in total. The molecule has 4 rings (SSSR count). The fraction of sp³-hybridized carbons (Fsp3) is 0.217. The average Bonchev–Trinajstić information content (AvgIpc) is 3.13. The Hall–Kier alpha value is -2.28. The zero-order valence-corrected chi connectivity index (χ0v) is 18.8. The van der Waals surface area contributed by atoms with Crippen LogP contribution in [0.5, 0.6) is 0 Å². The van der Waals surface area contributed by atoms with Gasteiger partial charge in [0.2, 0.25) is 0 Å². The van der Waals surface area contributed by atoms with Crippen molar-refractivity contribution in [2.75, 3.05) is 32.1 Å². The molecular weight excluding hydrogens is 446 g/mol. The Kier molecular flexibility index (Phi) is 5.94. The highest BCUT2D eigenvalue weighted by Crippen LogP contribution is 2.32. The van der Waals surface area contributed by atoms with E-state index in [4.69, 9.17) is 4.98 Å². The summed E-state index contributed by atoms with van der Waals surface area (Å²) < 4.78 is 2.08. The molecular formula is C23H22BrN3OS. The van der Waals surface area contributed by atoms with Crippen LogP contribution in [0.2, 0.25) is 0 Å². The number of rotatable bonds is 6. The van der Waals surface area contributed by atoms with E-state index in [0.29, 0.717) is 12.1 Å². The van der Waals surface area contributed by atoms with E-state index in [9.17, 15) is 4.79 Å². The standard InChI is InChI=1S/C23H22BrN3OS/c1-26(2)12-5-13-27(23-25-20-11-10-19(24)15-21(20)29-23)22(28)18-9-8-16-6-3-4-7-17(16)14-18/h3-4,6-11,14-15H,5,12-13H2,1-2H3. The van der Waals surface area contributed by atoms with Crippen LogP contribution in [-0.4, -0.2) is 43.0 Å². The Morgan fingerprint density at radius 3 is 2.59 bits per heavy atom. The average molecular weight is 468 g/mol. The first-order valence-electron chi connectivity index (χ1n) is 9.53. The van der Waals surface area contributed by atoms with Crippen LogP contribution in [-0.2, 0) is 0 Å². The highest BCUT2D eigenvalue weighted by Gasteiger charge is 2.21. The summed E-state index contributed by atoms with van der Waals surface area (Å²) in [6.45, 7) is 1.54. The summed E-state index contributed by atoms with van der Waals surface area (Å²) in [6, 6.07) is 20.0. The summed E-state index contributed by atoms with van der Waals surface area (Å²) in [5.41, 5.74) is 1.60. The molecule has 4 nitrogen and oxygen atoms in total. The fourth-order valence-electron chi connectivity index (χ4n) is 3.31. The Labute approximate surface area is 182 Å². The molecule has 4 aromatic rings. The maximum Gasteiger partial charge on any atom is 0.260 e. The van der Waals surface area contributed by atoms with E-state index in [1.54, 1.807) is 11.3 Å². The number of halogens is 1. The number of anilines is 1. The van der Waals surface area contributed by atoms with Gasteiger partial charge < -0.3 is 4.90 Å². The molecule has 3 aromatic carbocycles. The first-order chi connectivity index (χ1) is 14.0. The molecule has 6 heteroatoms. The number of carbonyl (C=O) groups is 1. The lowest BCUT2D eigenvalue weighted by Gasteiger charge is -2.21. The number of amides is 1. The lowest BCUT2D eigenvalue weighted by atomic mass is 10.1. The maximum absolute atomic E-state index is 13.5. The largest absolute Gasteiger partial charge is 0.309 e. The van der Waals surface area contributed by atoms with Crippen molar-refractivity contribution in [3.63, 3.8) is 0 Å². The van der Waals surface area contributed by atoms with Crippen molar-refractivity contribution in [1.29, 1.82) is 0 Å². The molecule has 0 unspecified atom stereocenters. The molecule has 0 fully saturated rings. The second-order valence-corrected chi connectivity index (χ2v) is 9.21. The van der Waals surface area contributed by atoms with Crippen molar-refractivity contribution in [1.82, 2.24) is 9.88 Å². The smallest absolute Gasteiger partial charge is 0.260 e. The van der Waals surface area contributed by atoms with Crippen molar-refractivity contribution < 1.29 is 4.79 Å². The molecule has 0 saturated heterocycles. The monoisotopic (exact) mass is 467 g/mol. The van der Waals surface area contributed by atoms with Crippen LogP contribution >= 0.6 is 27.3 Å². The minimum atomic E-state index is -0.00682. The van der Waals surface area contributed by atoms with Crippen molar-refractivity contribution in [2.45, 2.75) is 6.42 Å². The lowest BCUT2D eigenvalue weighted by Crippen LogP contribution is -2.33. The van der Waals surface area contributed by atoms with Gasteiger partial charge in [-0.25, -0.2) is 4.98 Å². The first kappa shape index (κ1) is 20.0. The number of carbonyl (C=O) groups excluding carboxylic acids is 1. The molecule has 1 amide bonds. The van der Waals surface area contributed by atoms with Crippen LogP contribution in [0.1, 0.15) is 16.8 Å². The second kappa shape index (κ2) is 8.61. The second-order valence-electron chi connectivity index (χ2n) is 7.28. The number of hydrogen-bond donors (Lipinski definition) is 0. The number of hydrogen-bond acceptors (Lipinski definition) is 4. The van der Waals surface area contributed by atoms with Crippen LogP contribution in [0.25, 0.3) is 21.0 Å². The predicted molar refractivity (Wildman–Crippen MR) is 126 cm³/mol. The van der Waals surface area contributed by atoms with Gasteiger partial charge in [-0.2, -0.15) is 0 Å². The first-order valence-corrected chi connectivity index (χ1v) is 11.1. The zero-order chi connectivity index (χ0) is 20.4. The fourth-order valence-corrected chi connectivity index (χ4v) is 4.85. The van der Waals surface area contributed by atoms with E-state index < -0.39 is 0 Å². The van der Waals surface area contributed by atoms with E-state index >= 15 is 0 Å². The van der Waals surface area contributed by atoms with Crippen LogP contribution in [0.15, 0.2) is 65.1 Å². The summed E-state index contributed by atoms with van der Waals surface area (Å²) in [5.74, 6) is -0.00682. The van der Waals surface area contributed by atoms with Crippen LogP contribution < -0.4 is 4.90 Å². The molecule has 0 atom stereocenters. The molecule has 29 heavy (non-hydrogen) atoms. The number of benzene rings is 3. The highest BCUT2D eigenvalue weighted by molar-refractivity contribution is 9.10. The molecule has 0 aliphatic carbocycles. The topological polar surface area (TPSA) is 36.4 Å². The molecule has 0 spiro atoms. The van der Waals surface area contributed by atoms with Gasteiger partial charge in [0.1, 0.15) is 0 Å². The number of fused-ring (bicyclic) bond motifs is 2. The van der Waals surface area contributed by atoms with Crippen molar-refractivity contribution in [3.05, 3.63) is 70.7 Å². The van der Waals surface area contributed by atoms with Gasteiger partial charge in [0, 0.05) is 16.6 Å². The lowest BCUT2D eigenvalue weighted by molar-refractivity contribution is 0.0986. The summed E-state index contributed by atoms with van der Waals surface area (Å²) >= 11 is 5.07. The number of thiazole rings is 1. The summed E-state index contributed by atoms with van der Waals surface area (Å²) in [4.78, 5) is 22.2. The normalized spacial score (nSPS) is 11.4. The van der Waals surface area contributed by atoms with Gasteiger partial charge >= 0.3 is 0 Å². The molecule has 0 aliphatic heterocycles. The van der Waals surface area contributed by atoms with Gasteiger partial charge in [0.15, 0.2) is 5.13 Å². The molecule has 148 valence electrons. The Bertz CT molecular complexity index is 1170. The minimum Gasteiger partial charge on any atom is -0.309 e. The highest BCUT2D eigenvalue weighted by atomic mass is 79.9. The van der Waals surface area contributed by atoms with E-state index in [2.05, 4.69) is 33.0 Å². The minimum absolute atomic E-state index is 0.00682. The Morgan fingerprint density at radius 2 is 1.79 bits per heavy atom. The van der Waals surface area contributed by atoms with Gasteiger partial charge in [0.05, 0.1) is 10.2 Å². The molecule has 0 saturated carbocycles. The zero-order valence-electron chi connectivity index (χ0n) is 16.4. The van der Waals surface area contributed by atoms with E-state index in [1.165, 1.54) is 0 Å². The predicted octanol–water partition coefficient (Wildman–Crippen LogP) is 5.81. The molecule has 0 radical (unpaired) electrons. The molecule has 1 aromatic heterocycles. The van der Waals surface area contributed by atoms with Crippen LogP contribution in [0.3, 0.4) is 0 Å². The van der Waals surface area contributed by atoms with E-state index in [-0.39, 0.29) is 5.91 Å². The van der Waals surface area contributed by atoms with Gasteiger partial charge in [-0.15, -0.1) is 0 Å². The van der Waals surface area contributed by atoms with Crippen molar-refractivity contribution in [3.8, 4) is 0 Å². The SMILES string of the molecule is CN(C)CCCN(C(=O)c1ccc2ccccc2c1)c1nc2ccc(Br)cc2s1. The van der Waals surface area contributed by atoms with Gasteiger partial charge in [-0.1, -0.05) is 57.6 Å². The number of aromatic nitrogens is 1. The third-order valence-corrected chi connectivity index (χ3v) is 6.33. The van der Waals surface area contributed by atoms with E-state index in [0.717, 1.165) is 43.6 Å². The van der Waals surface area contributed by atoms with Gasteiger partial charge in [0.25, 0.3) is 5.91 Å². The molecule has 0 aliphatic rings. The maximum atomic E-state index is 13.5. The summed E-state index contributed by atoms with van der Waals surface area (Å²) in [6.07, 6.45) is 0.881. The summed E-state index contributed by atoms with van der Waals surface area (Å²) in [7, 11) is 4.09. The van der Waals surface area contributed by atoms with Crippen molar-refractivity contribution in [2.24, 2.45) is 0 Å². The van der Waals surface area contributed by atoms with Crippen molar-refractivity contribution >= 4 is 59.3 Å². The molecule has 1 heterocycles. The summed E-state index contributed by atoms with van der Waals surface area (Å²) in [5, 5.41) is 2.95. The Balaban J connectivity index is 1.70. The quantitative estimate of drug-likeness (QED) is 0.358. The van der Waals surface area contributed by atoms with Gasteiger partial charge in [-0.3, -0.25) is 9.69 Å². The third-order valence-electron chi connectivity index (χ3n) is 4.80. The number of nitrogens with zero attached hydrogens (tertiary/aromatic N) is 3. The third kappa shape index (κ3) is 4.50.